The minimum atomic E-state index is 0. The third-order valence-corrected chi connectivity index (χ3v) is 4.87. The minimum absolute atomic E-state index is 0. The molecule has 2 N–H and O–H groups in total. The van der Waals surface area contributed by atoms with Crippen LogP contribution in [0.5, 0.6) is 0 Å². The summed E-state index contributed by atoms with van der Waals surface area (Å²) in [7, 11) is 0. The van der Waals surface area contributed by atoms with Gasteiger partial charge in [-0.3, -0.25) is 5.41 Å². The number of nitrogens with zero attached hydrogens (tertiary/aromatic N) is 2. The molecular weight excluding hydrogens is 345 g/mol. The van der Waals surface area contributed by atoms with E-state index in [1.807, 2.05) is 0 Å². The molecule has 0 radical (unpaired) electrons. The molecule has 0 amide bonds. The zero-order valence-corrected chi connectivity index (χ0v) is 17.5. The van der Waals surface area contributed by atoms with Crippen LogP contribution in [0.4, 0.5) is 11.4 Å². The molecule has 0 bridgehead atoms. The normalized spacial score (nSPS) is 14.1. The molecule has 0 spiro atoms. The quantitative estimate of drug-likeness (QED) is 0.878. The van der Waals surface area contributed by atoms with E-state index in [1.165, 1.54) is 44.8 Å². The fourth-order valence-electron chi connectivity index (χ4n) is 4.23. The SMILES string of the molecule is Cc1cc(C)c(N2CC(=[NH2+])N(c3c(C)cc(C)cc3C)C2)c(C)c1.[V+5]. The van der Waals surface area contributed by atoms with E-state index in [4.69, 9.17) is 5.41 Å². The van der Waals surface area contributed by atoms with E-state index in [-0.39, 0.29) is 18.6 Å². The van der Waals surface area contributed by atoms with Gasteiger partial charge < -0.3 is 4.90 Å². The molecule has 1 aliphatic heterocycles. The van der Waals surface area contributed by atoms with Crippen LogP contribution in [0, 0.1) is 41.5 Å². The Balaban J connectivity index is 0.00000225. The van der Waals surface area contributed by atoms with Gasteiger partial charge in [-0.25, -0.2) is 4.90 Å². The standard InChI is InChI=1S/C21H27N3.V/c1-13-7-15(3)20(16(4)8-13)23-11-19(22)24(12-23)21-17(5)9-14(2)10-18(21)6;/h7-10,22H,11-12H2,1-6H3;/q;+5/p+1. The Bertz CT molecular complexity index is 780. The predicted octanol–water partition coefficient (Wildman–Crippen LogP) is 2.98. The first-order valence-electron chi connectivity index (χ1n) is 8.57. The van der Waals surface area contributed by atoms with E-state index in [0.717, 1.165) is 19.0 Å². The molecule has 0 aliphatic carbocycles. The van der Waals surface area contributed by atoms with Gasteiger partial charge >= 0.3 is 18.6 Å². The van der Waals surface area contributed by atoms with Gasteiger partial charge in [-0.2, -0.15) is 0 Å². The van der Waals surface area contributed by atoms with E-state index in [2.05, 4.69) is 75.6 Å². The molecule has 0 atom stereocenters. The molecule has 0 saturated carbocycles. The summed E-state index contributed by atoms with van der Waals surface area (Å²) in [5, 5.41) is 6.45. The van der Waals surface area contributed by atoms with Crippen molar-refractivity contribution in [2.45, 2.75) is 41.5 Å². The fraction of sp³-hybridized carbons (Fsp3) is 0.381. The van der Waals surface area contributed by atoms with Gasteiger partial charge in [-0.05, 0) is 63.8 Å². The molecule has 2 aromatic carbocycles. The van der Waals surface area contributed by atoms with Crippen molar-refractivity contribution in [2.24, 2.45) is 0 Å². The van der Waals surface area contributed by atoms with Crippen molar-refractivity contribution in [2.75, 3.05) is 23.0 Å². The van der Waals surface area contributed by atoms with Gasteiger partial charge in [0.05, 0.1) is 0 Å². The molecule has 2 aromatic rings. The van der Waals surface area contributed by atoms with Crippen molar-refractivity contribution in [3.8, 4) is 0 Å². The average Bonchev–Trinajstić information content (AvgIpc) is 2.78. The minimum Gasteiger partial charge on any atom is -0.323 e. The van der Waals surface area contributed by atoms with Crippen molar-refractivity contribution < 1.29 is 24.0 Å². The zero-order valence-electron chi connectivity index (χ0n) is 16.1. The van der Waals surface area contributed by atoms with Crippen molar-refractivity contribution >= 4 is 17.2 Å². The predicted molar refractivity (Wildman–Crippen MR) is 103 cm³/mol. The van der Waals surface area contributed by atoms with Gasteiger partial charge in [0, 0.05) is 5.69 Å². The topological polar surface area (TPSA) is 32.1 Å². The molecule has 0 unspecified atom stereocenters. The molecule has 0 aromatic heterocycles. The summed E-state index contributed by atoms with van der Waals surface area (Å²) in [5.41, 5.74) is 10.4. The van der Waals surface area contributed by atoms with Crippen LogP contribution in [0.25, 0.3) is 0 Å². The van der Waals surface area contributed by atoms with Crippen LogP contribution in [0.3, 0.4) is 0 Å². The molecular formula is C21H28N3V+6. The van der Waals surface area contributed by atoms with Gasteiger partial charge in [0.2, 0.25) is 0 Å². The Labute approximate surface area is 163 Å². The maximum Gasteiger partial charge on any atom is 5.00 e. The van der Waals surface area contributed by atoms with Crippen LogP contribution in [0.15, 0.2) is 24.3 Å². The fourth-order valence-corrected chi connectivity index (χ4v) is 4.23. The summed E-state index contributed by atoms with van der Waals surface area (Å²) >= 11 is 0. The Morgan fingerprint density at radius 1 is 0.720 bits per heavy atom. The molecule has 126 valence electrons. The maximum atomic E-state index is 6.45. The van der Waals surface area contributed by atoms with E-state index >= 15 is 0 Å². The Hall–Kier alpha value is -1.71. The van der Waals surface area contributed by atoms with E-state index in [9.17, 15) is 0 Å². The molecule has 3 nitrogen and oxygen atoms in total. The second kappa shape index (κ2) is 7.27. The van der Waals surface area contributed by atoms with Gasteiger partial charge in [-0.15, -0.1) is 0 Å². The number of amidine groups is 1. The maximum absolute atomic E-state index is 6.45. The molecule has 1 heterocycles. The summed E-state index contributed by atoms with van der Waals surface area (Å²) in [6.45, 7) is 14.6. The van der Waals surface area contributed by atoms with Gasteiger partial charge in [0.15, 0.2) is 6.67 Å². The van der Waals surface area contributed by atoms with Crippen LogP contribution in [-0.2, 0) is 18.6 Å². The van der Waals surface area contributed by atoms with Crippen molar-refractivity contribution in [3.63, 3.8) is 0 Å². The summed E-state index contributed by atoms with van der Waals surface area (Å²) < 4.78 is 0. The number of aryl methyl sites for hydroxylation is 6. The third kappa shape index (κ3) is 3.63. The molecule has 1 aliphatic rings. The Morgan fingerprint density at radius 3 is 1.56 bits per heavy atom. The first kappa shape index (κ1) is 19.6. The largest absolute Gasteiger partial charge is 5.00 e. The van der Waals surface area contributed by atoms with Gasteiger partial charge in [0.25, 0.3) is 5.84 Å². The monoisotopic (exact) mass is 373 g/mol. The Morgan fingerprint density at radius 2 is 1.12 bits per heavy atom. The number of rotatable bonds is 2. The van der Waals surface area contributed by atoms with E-state index < -0.39 is 0 Å². The number of nitrogens with two attached hydrogens (primary N) is 1. The number of anilines is 2. The number of hydrogen-bond donors (Lipinski definition) is 1. The van der Waals surface area contributed by atoms with E-state index in [1.54, 1.807) is 0 Å². The second-order valence-electron chi connectivity index (χ2n) is 7.25. The van der Waals surface area contributed by atoms with Crippen LogP contribution in [0.1, 0.15) is 33.4 Å². The van der Waals surface area contributed by atoms with Crippen LogP contribution < -0.4 is 15.2 Å². The molecule has 4 heteroatoms. The molecule has 3 rings (SSSR count). The third-order valence-electron chi connectivity index (χ3n) is 4.87. The summed E-state index contributed by atoms with van der Waals surface area (Å²) in [6, 6.07) is 8.98. The van der Waals surface area contributed by atoms with Gasteiger partial charge in [-0.1, -0.05) is 35.4 Å². The van der Waals surface area contributed by atoms with Crippen LogP contribution in [0.2, 0.25) is 0 Å². The summed E-state index contributed by atoms with van der Waals surface area (Å²) in [6.07, 6.45) is 0. The summed E-state index contributed by atoms with van der Waals surface area (Å²) in [4.78, 5) is 4.65. The number of benzene rings is 2. The van der Waals surface area contributed by atoms with E-state index in [0.29, 0.717) is 0 Å². The summed E-state index contributed by atoms with van der Waals surface area (Å²) in [5.74, 6) is 0.921. The average molecular weight is 373 g/mol. The van der Waals surface area contributed by atoms with Gasteiger partial charge in [0.1, 0.15) is 12.2 Å². The first-order valence-corrected chi connectivity index (χ1v) is 8.57. The zero-order chi connectivity index (χ0) is 17.6. The number of hydrogen-bond acceptors (Lipinski definition) is 1. The molecule has 25 heavy (non-hydrogen) atoms. The van der Waals surface area contributed by atoms with Crippen molar-refractivity contribution in [3.05, 3.63) is 57.6 Å². The molecule has 1 fully saturated rings. The second-order valence-corrected chi connectivity index (χ2v) is 7.25. The Kier molecular flexibility index (Phi) is 5.70. The van der Waals surface area contributed by atoms with Crippen LogP contribution in [-0.4, -0.2) is 19.0 Å². The molecule has 1 saturated heterocycles. The first-order chi connectivity index (χ1) is 11.3. The van der Waals surface area contributed by atoms with Crippen molar-refractivity contribution in [1.82, 2.24) is 0 Å². The smallest absolute Gasteiger partial charge is 0.323 e. The van der Waals surface area contributed by atoms with Crippen LogP contribution >= 0.6 is 0 Å². The van der Waals surface area contributed by atoms with Crippen molar-refractivity contribution in [1.29, 1.82) is 0 Å².